The van der Waals surface area contributed by atoms with Gasteiger partial charge in [0.2, 0.25) is 0 Å². The first-order valence-corrected chi connectivity index (χ1v) is 7.59. The van der Waals surface area contributed by atoms with Crippen LogP contribution in [0.3, 0.4) is 0 Å². The van der Waals surface area contributed by atoms with Gasteiger partial charge in [-0.25, -0.2) is 4.98 Å². The van der Waals surface area contributed by atoms with Gasteiger partial charge in [-0.3, -0.25) is 0 Å². The maximum Gasteiger partial charge on any atom is 1.00 e. The van der Waals surface area contributed by atoms with Crippen molar-refractivity contribution >= 4 is 33.7 Å². The summed E-state index contributed by atoms with van der Waals surface area (Å²) in [6, 6.07) is 6.06. The number of carbonyl (C=O) groups is 1. The average molecular weight is 311 g/mol. The van der Waals surface area contributed by atoms with Gasteiger partial charge in [0.05, 0.1) is 21.8 Å². The molecule has 0 spiro atoms. The number of likely N-dealkylation sites (tertiary alicyclic amines) is 1. The van der Waals surface area contributed by atoms with Crippen molar-refractivity contribution in [1.82, 2.24) is 9.88 Å². The first kappa shape index (κ1) is 18.9. The summed E-state index contributed by atoms with van der Waals surface area (Å²) in [5.41, 5.74) is 3.83. The number of aromatic nitrogens is 1. The van der Waals surface area contributed by atoms with Crippen LogP contribution < -0.4 is 18.9 Å². The van der Waals surface area contributed by atoms with Gasteiger partial charge in [-0.2, -0.15) is 6.29 Å². The van der Waals surface area contributed by atoms with Crippen LogP contribution in [-0.4, -0.2) is 34.1 Å². The van der Waals surface area contributed by atoms with Gasteiger partial charge in [0.25, 0.3) is 0 Å². The smallest absolute Gasteiger partial charge is 0.870 e. The minimum absolute atomic E-state index is 0. The quantitative estimate of drug-likeness (QED) is 0.427. The molecule has 1 N–H and O–H groups in total. The van der Waals surface area contributed by atoms with Crippen molar-refractivity contribution in [1.29, 1.82) is 0 Å². The van der Waals surface area contributed by atoms with Crippen molar-refractivity contribution in [3.05, 3.63) is 29.3 Å². The summed E-state index contributed by atoms with van der Waals surface area (Å²) in [5, 5.41) is 0. The summed E-state index contributed by atoms with van der Waals surface area (Å²) < 4.78 is 1.14. The molecule has 1 aromatic heterocycles. The predicted octanol–water partition coefficient (Wildman–Crippen LogP) is -0.467. The van der Waals surface area contributed by atoms with Crippen molar-refractivity contribution in [2.75, 3.05) is 6.54 Å². The van der Waals surface area contributed by atoms with Gasteiger partial charge in [-0.1, -0.05) is 13.0 Å². The van der Waals surface area contributed by atoms with Crippen LogP contribution in [0.4, 0.5) is 0 Å². The van der Waals surface area contributed by atoms with Crippen LogP contribution in [0.1, 0.15) is 31.4 Å². The predicted molar refractivity (Wildman–Crippen MR) is 80.1 cm³/mol. The van der Waals surface area contributed by atoms with E-state index in [1.54, 1.807) is 16.2 Å². The standard InChI is InChI=1S/C15H15N2O2S.Li.H2O/c1-10-2-4-13(17(7-10)15(19)8-18)11-3-5-14-12(6-11)16-9-20-14;;/h3,5-6,9-10,13H,2,4,7H2,1H3;;1H2/q-1;+1;/p-1/t10-,13+;;/m0../s1. The van der Waals surface area contributed by atoms with E-state index < -0.39 is 5.91 Å². The van der Waals surface area contributed by atoms with Crippen molar-refractivity contribution in [2.24, 2.45) is 5.92 Å². The number of hydrogen-bond donors (Lipinski definition) is 0. The Balaban J connectivity index is 0.00000121. The van der Waals surface area contributed by atoms with Crippen LogP contribution in [0.15, 0.2) is 23.7 Å². The molecule has 1 amide bonds. The number of thiazole rings is 1. The zero-order valence-electron chi connectivity index (χ0n) is 12.7. The first-order chi connectivity index (χ1) is 9.69. The van der Waals surface area contributed by atoms with E-state index in [-0.39, 0.29) is 30.4 Å². The summed E-state index contributed by atoms with van der Waals surface area (Å²) in [6.07, 6.45) is 3.45. The van der Waals surface area contributed by atoms with Crippen LogP contribution >= 0.6 is 11.3 Å². The minimum atomic E-state index is -0.542. The molecular weight excluding hydrogens is 295 g/mol. The monoisotopic (exact) mass is 311 g/mol. The molecule has 0 saturated carbocycles. The molecule has 0 bridgehead atoms. The topological polar surface area (TPSA) is 80.3 Å². The van der Waals surface area contributed by atoms with Crippen LogP contribution in [0, 0.1) is 5.92 Å². The fraction of sp³-hybridized carbons (Fsp3) is 0.400. The Labute approximate surface area is 145 Å². The second-order valence-electron chi connectivity index (χ2n) is 5.34. The van der Waals surface area contributed by atoms with Gasteiger partial charge >= 0.3 is 18.9 Å². The summed E-state index contributed by atoms with van der Waals surface area (Å²) in [7, 11) is 0. The molecule has 7 heteroatoms. The second kappa shape index (κ2) is 7.89. The van der Waals surface area contributed by atoms with E-state index >= 15 is 0 Å². The molecule has 0 radical (unpaired) electrons. The Bertz CT molecular complexity index is 661. The van der Waals surface area contributed by atoms with E-state index in [0.717, 1.165) is 28.6 Å². The number of rotatable bonds is 2. The summed E-state index contributed by atoms with van der Waals surface area (Å²) >= 11 is 1.60. The molecular formula is C15H16LiN2O3S-. The molecule has 1 fully saturated rings. The number of amides is 1. The minimum Gasteiger partial charge on any atom is -0.870 e. The van der Waals surface area contributed by atoms with Crippen molar-refractivity contribution in [3.63, 3.8) is 0 Å². The third-order valence-electron chi connectivity index (χ3n) is 3.90. The summed E-state index contributed by atoms with van der Waals surface area (Å²) in [4.78, 5) is 28.5. The third-order valence-corrected chi connectivity index (χ3v) is 4.71. The number of hydrogen-bond acceptors (Lipinski definition) is 5. The maximum absolute atomic E-state index is 11.8. The molecule has 3 rings (SSSR count). The largest absolute Gasteiger partial charge is 1.00 e. The molecule has 1 aromatic carbocycles. The van der Waals surface area contributed by atoms with E-state index in [2.05, 4.69) is 11.9 Å². The third kappa shape index (κ3) is 3.58. The van der Waals surface area contributed by atoms with Crippen molar-refractivity contribution < 1.29 is 33.9 Å². The Kier molecular flexibility index (Phi) is 6.76. The van der Waals surface area contributed by atoms with Gasteiger partial charge in [0, 0.05) is 6.54 Å². The van der Waals surface area contributed by atoms with E-state index in [1.165, 1.54) is 6.29 Å². The molecule has 22 heavy (non-hydrogen) atoms. The molecule has 0 unspecified atom stereocenters. The SMILES string of the molecule is C[C@H]1CC[C@H](c2ccc3scnc3c2)N(C(=O)[C-]=O)C1.[Li+].[OH-]. The van der Waals surface area contributed by atoms with E-state index in [4.69, 9.17) is 0 Å². The Morgan fingerprint density at radius 1 is 1.41 bits per heavy atom. The number of carbonyl (C=O) groups excluding carboxylic acids is 2. The van der Waals surface area contributed by atoms with Gasteiger partial charge in [-0.05, 0) is 36.5 Å². The van der Waals surface area contributed by atoms with Crippen LogP contribution in [0.2, 0.25) is 0 Å². The number of piperidine rings is 1. The van der Waals surface area contributed by atoms with Gasteiger partial charge in [0.1, 0.15) is 5.91 Å². The second-order valence-corrected chi connectivity index (χ2v) is 6.22. The zero-order chi connectivity index (χ0) is 14.1. The Hall–Kier alpha value is -1.19. The Morgan fingerprint density at radius 3 is 2.91 bits per heavy atom. The van der Waals surface area contributed by atoms with Crippen LogP contribution in [0.5, 0.6) is 0 Å². The fourth-order valence-electron chi connectivity index (χ4n) is 2.86. The van der Waals surface area contributed by atoms with Gasteiger partial charge in [-0.15, -0.1) is 11.3 Å². The van der Waals surface area contributed by atoms with Gasteiger partial charge in [0.15, 0.2) is 0 Å². The fourth-order valence-corrected chi connectivity index (χ4v) is 3.52. The molecule has 2 aromatic rings. The average Bonchev–Trinajstić information content (AvgIpc) is 2.93. The molecule has 1 aliphatic rings. The van der Waals surface area contributed by atoms with Gasteiger partial charge < -0.3 is 20.0 Å². The molecule has 0 aliphatic carbocycles. The molecule has 2 atom stereocenters. The van der Waals surface area contributed by atoms with E-state index in [9.17, 15) is 9.59 Å². The maximum atomic E-state index is 11.8. The molecule has 5 nitrogen and oxygen atoms in total. The van der Waals surface area contributed by atoms with Crippen molar-refractivity contribution in [3.8, 4) is 0 Å². The summed E-state index contributed by atoms with van der Waals surface area (Å²) in [6.45, 7) is 2.72. The summed E-state index contributed by atoms with van der Waals surface area (Å²) in [5.74, 6) is -0.119. The molecule has 1 saturated heterocycles. The van der Waals surface area contributed by atoms with Crippen LogP contribution in [0.25, 0.3) is 10.2 Å². The molecule has 112 valence electrons. The first-order valence-electron chi connectivity index (χ1n) is 6.71. The molecule has 1 aliphatic heterocycles. The number of benzene rings is 1. The Morgan fingerprint density at radius 2 is 2.18 bits per heavy atom. The van der Waals surface area contributed by atoms with E-state index in [0.29, 0.717) is 12.5 Å². The van der Waals surface area contributed by atoms with Crippen molar-refractivity contribution in [2.45, 2.75) is 25.8 Å². The molecule has 2 heterocycles. The number of fused-ring (bicyclic) bond motifs is 1. The van der Waals surface area contributed by atoms with E-state index in [1.807, 2.05) is 23.7 Å². The zero-order valence-corrected chi connectivity index (χ0v) is 13.5. The normalized spacial score (nSPS) is 20.9. The number of nitrogens with zero attached hydrogens (tertiary/aromatic N) is 2. The van der Waals surface area contributed by atoms with Crippen LogP contribution in [-0.2, 0) is 9.59 Å².